The average molecular weight is 356 g/mol. The van der Waals surface area contributed by atoms with Crippen LogP contribution in [0, 0.1) is 12.8 Å². The highest BCUT2D eigenvalue weighted by Crippen LogP contribution is 2.35. The van der Waals surface area contributed by atoms with Crippen LogP contribution in [0.25, 0.3) is 0 Å². The third-order valence-corrected chi connectivity index (χ3v) is 6.12. The lowest BCUT2D eigenvalue weighted by molar-refractivity contribution is -0.120. The van der Waals surface area contributed by atoms with Crippen LogP contribution in [0.4, 0.5) is 5.00 Å². The average Bonchev–Trinajstić information content (AvgIpc) is 2.92. The molecule has 5 heteroatoms. The SMILES string of the molecule is Cc1c(Cc2ccccc2)sc(NC(=O)C2CCCCC2)c1C(N)=O. The van der Waals surface area contributed by atoms with E-state index in [4.69, 9.17) is 5.73 Å². The number of amides is 2. The number of carbonyl (C=O) groups is 2. The van der Waals surface area contributed by atoms with Crippen molar-refractivity contribution in [3.63, 3.8) is 0 Å². The van der Waals surface area contributed by atoms with E-state index in [1.165, 1.54) is 23.3 Å². The van der Waals surface area contributed by atoms with Crippen molar-refractivity contribution in [2.75, 3.05) is 5.32 Å². The number of hydrogen-bond acceptors (Lipinski definition) is 3. The van der Waals surface area contributed by atoms with Crippen molar-refractivity contribution in [1.82, 2.24) is 0 Å². The van der Waals surface area contributed by atoms with Crippen LogP contribution in [0.15, 0.2) is 30.3 Å². The Hall–Kier alpha value is -2.14. The lowest BCUT2D eigenvalue weighted by atomic mass is 9.89. The van der Waals surface area contributed by atoms with Crippen LogP contribution < -0.4 is 11.1 Å². The normalized spacial score (nSPS) is 15.1. The number of thiophene rings is 1. The Morgan fingerprint density at radius 2 is 1.84 bits per heavy atom. The van der Waals surface area contributed by atoms with Crippen molar-refractivity contribution in [3.8, 4) is 0 Å². The number of rotatable bonds is 5. The molecule has 3 rings (SSSR count). The fourth-order valence-corrected chi connectivity index (χ4v) is 4.72. The number of benzene rings is 1. The highest BCUT2D eigenvalue weighted by Gasteiger charge is 2.25. The van der Waals surface area contributed by atoms with Crippen molar-refractivity contribution < 1.29 is 9.59 Å². The van der Waals surface area contributed by atoms with Crippen LogP contribution in [-0.2, 0) is 11.2 Å². The molecule has 4 nitrogen and oxygen atoms in total. The Kier molecular flexibility index (Phi) is 5.53. The van der Waals surface area contributed by atoms with Gasteiger partial charge in [-0.15, -0.1) is 11.3 Å². The van der Waals surface area contributed by atoms with Gasteiger partial charge in [-0.3, -0.25) is 9.59 Å². The first-order chi connectivity index (χ1) is 12.1. The number of anilines is 1. The van der Waals surface area contributed by atoms with E-state index in [-0.39, 0.29) is 11.8 Å². The van der Waals surface area contributed by atoms with Crippen molar-refractivity contribution >= 4 is 28.2 Å². The van der Waals surface area contributed by atoms with Gasteiger partial charge in [0.2, 0.25) is 5.91 Å². The predicted octanol–water partition coefficient (Wildman–Crippen LogP) is 4.27. The summed E-state index contributed by atoms with van der Waals surface area (Å²) in [4.78, 5) is 25.6. The summed E-state index contributed by atoms with van der Waals surface area (Å²) in [5, 5.41) is 3.59. The zero-order valence-corrected chi connectivity index (χ0v) is 15.3. The van der Waals surface area contributed by atoms with Gasteiger partial charge < -0.3 is 11.1 Å². The van der Waals surface area contributed by atoms with Gasteiger partial charge in [-0.25, -0.2) is 0 Å². The van der Waals surface area contributed by atoms with Gasteiger partial charge in [0, 0.05) is 17.2 Å². The van der Waals surface area contributed by atoms with E-state index in [0.29, 0.717) is 10.6 Å². The van der Waals surface area contributed by atoms with Gasteiger partial charge in [0.1, 0.15) is 5.00 Å². The van der Waals surface area contributed by atoms with E-state index >= 15 is 0 Å². The van der Waals surface area contributed by atoms with Crippen molar-refractivity contribution in [1.29, 1.82) is 0 Å². The van der Waals surface area contributed by atoms with Gasteiger partial charge in [0.05, 0.1) is 5.56 Å². The molecule has 2 aromatic rings. The van der Waals surface area contributed by atoms with Crippen molar-refractivity contribution in [2.45, 2.75) is 45.4 Å². The lowest BCUT2D eigenvalue weighted by Crippen LogP contribution is -2.25. The highest BCUT2D eigenvalue weighted by atomic mass is 32.1. The Balaban J connectivity index is 1.83. The molecule has 1 heterocycles. The van der Waals surface area contributed by atoms with E-state index in [1.54, 1.807) is 0 Å². The van der Waals surface area contributed by atoms with E-state index in [2.05, 4.69) is 17.4 Å². The highest BCUT2D eigenvalue weighted by molar-refractivity contribution is 7.17. The van der Waals surface area contributed by atoms with Crippen molar-refractivity contribution in [2.24, 2.45) is 11.7 Å². The molecule has 1 aromatic carbocycles. The summed E-state index contributed by atoms with van der Waals surface area (Å²) in [6, 6.07) is 10.1. The lowest BCUT2D eigenvalue weighted by Gasteiger charge is -2.20. The molecular formula is C20H24N2O2S. The largest absolute Gasteiger partial charge is 0.365 e. The Labute approximate surface area is 152 Å². The van der Waals surface area contributed by atoms with Gasteiger partial charge in [-0.1, -0.05) is 49.6 Å². The quantitative estimate of drug-likeness (QED) is 0.840. The van der Waals surface area contributed by atoms with Crippen LogP contribution in [0.5, 0.6) is 0 Å². The molecule has 0 unspecified atom stereocenters. The minimum atomic E-state index is -0.480. The molecule has 3 N–H and O–H groups in total. The topological polar surface area (TPSA) is 72.2 Å². The van der Waals surface area contributed by atoms with Crippen LogP contribution in [0.3, 0.4) is 0 Å². The Morgan fingerprint density at radius 1 is 1.16 bits per heavy atom. The van der Waals surface area contributed by atoms with E-state index in [1.807, 2.05) is 25.1 Å². The third-order valence-electron chi connectivity index (χ3n) is 4.91. The molecule has 0 bridgehead atoms. The van der Waals surface area contributed by atoms with Crippen molar-refractivity contribution in [3.05, 3.63) is 51.9 Å². The number of carbonyl (C=O) groups excluding carboxylic acids is 2. The molecule has 0 saturated heterocycles. The summed E-state index contributed by atoms with van der Waals surface area (Å²) in [5.74, 6) is -0.406. The minimum absolute atomic E-state index is 0.0229. The van der Waals surface area contributed by atoms with Crippen LogP contribution in [0.1, 0.15) is 58.5 Å². The summed E-state index contributed by atoms with van der Waals surface area (Å²) in [7, 11) is 0. The first kappa shape index (κ1) is 17.7. The van der Waals surface area contributed by atoms with Crippen LogP contribution in [0.2, 0.25) is 0 Å². The second kappa shape index (κ2) is 7.83. The molecular weight excluding hydrogens is 332 g/mol. The molecule has 0 aliphatic heterocycles. The molecule has 2 amide bonds. The molecule has 132 valence electrons. The fourth-order valence-electron chi connectivity index (χ4n) is 3.47. The summed E-state index contributed by atoms with van der Waals surface area (Å²) < 4.78 is 0. The molecule has 1 aromatic heterocycles. The molecule has 0 atom stereocenters. The molecule has 1 fully saturated rings. The standard InChI is InChI=1S/C20H24N2O2S/c1-13-16(12-14-8-4-2-5-9-14)25-20(17(13)18(21)23)22-19(24)15-10-6-3-7-11-15/h2,4-5,8-9,15H,3,6-7,10-12H2,1H3,(H2,21,23)(H,22,24). The van der Waals surface area contributed by atoms with Gasteiger partial charge in [-0.05, 0) is 30.9 Å². The molecule has 0 spiro atoms. The number of nitrogens with one attached hydrogen (secondary N) is 1. The van der Waals surface area contributed by atoms with Gasteiger partial charge in [-0.2, -0.15) is 0 Å². The molecule has 25 heavy (non-hydrogen) atoms. The first-order valence-corrected chi connectivity index (χ1v) is 9.64. The maximum Gasteiger partial charge on any atom is 0.251 e. The summed E-state index contributed by atoms with van der Waals surface area (Å²) in [6.45, 7) is 1.91. The minimum Gasteiger partial charge on any atom is -0.365 e. The second-order valence-electron chi connectivity index (χ2n) is 6.71. The van der Waals surface area contributed by atoms with Crippen LogP contribution in [-0.4, -0.2) is 11.8 Å². The molecule has 1 aliphatic rings. The van der Waals surface area contributed by atoms with E-state index in [9.17, 15) is 9.59 Å². The number of hydrogen-bond donors (Lipinski definition) is 2. The molecule has 1 saturated carbocycles. The maximum absolute atomic E-state index is 12.6. The van der Waals surface area contributed by atoms with E-state index in [0.717, 1.165) is 42.5 Å². The molecule has 1 aliphatic carbocycles. The Bertz CT molecular complexity index is 762. The third kappa shape index (κ3) is 4.10. The summed E-state index contributed by atoms with van der Waals surface area (Å²) in [6.07, 6.45) is 6.00. The zero-order valence-electron chi connectivity index (χ0n) is 14.5. The predicted molar refractivity (Wildman–Crippen MR) is 102 cm³/mol. The summed E-state index contributed by atoms with van der Waals surface area (Å²) >= 11 is 1.47. The molecule has 0 radical (unpaired) electrons. The van der Waals surface area contributed by atoms with E-state index < -0.39 is 5.91 Å². The van der Waals surface area contributed by atoms with Gasteiger partial charge in [0.15, 0.2) is 0 Å². The smallest absolute Gasteiger partial charge is 0.251 e. The second-order valence-corrected chi connectivity index (χ2v) is 7.81. The van der Waals surface area contributed by atoms with Gasteiger partial charge >= 0.3 is 0 Å². The Morgan fingerprint density at radius 3 is 2.48 bits per heavy atom. The maximum atomic E-state index is 12.6. The number of primary amides is 1. The monoisotopic (exact) mass is 356 g/mol. The first-order valence-electron chi connectivity index (χ1n) is 8.83. The number of nitrogens with two attached hydrogens (primary N) is 1. The van der Waals surface area contributed by atoms with Crippen LogP contribution >= 0.6 is 11.3 Å². The summed E-state index contributed by atoms with van der Waals surface area (Å²) in [5.41, 5.74) is 8.10. The zero-order chi connectivity index (χ0) is 17.8. The fraction of sp³-hybridized carbons (Fsp3) is 0.400. The van der Waals surface area contributed by atoms with Gasteiger partial charge in [0.25, 0.3) is 5.91 Å².